The molecule has 4 atom stereocenters. The van der Waals surface area contributed by atoms with E-state index in [0.717, 1.165) is 23.0 Å². The molecule has 3 nitrogen and oxygen atoms in total. The molecule has 4 rings (SSSR count). The molecule has 3 heteroatoms. The van der Waals surface area contributed by atoms with Crippen LogP contribution < -0.4 is 15.8 Å². The minimum absolute atomic E-state index is 0.198. The highest BCUT2D eigenvalue weighted by Gasteiger charge is 2.38. The van der Waals surface area contributed by atoms with Crippen molar-refractivity contribution >= 4 is 11.4 Å². The average molecular weight is 363 g/mol. The third-order valence-electron chi connectivity index (χ3n) is 6.49. The smallest absolute Gasteiger partial charge is 0.119 e. The first-order chi connectivity index (χ1) is 13.2. The Kier molecular flexibility index (Phi) is 5.11. The number of methoxy groups -OCH3 is 1. The lowest BCUT2D eigenvalue weighted by atomic mass is 9.63. The molecule has 142 valence electrons. The second-order valence-corrected chi connectivity index (χ2v) is 8.02. The molecule has 0 amide bonds. The summed E-state index contributed by atoms with van der Waals surface area (Å²) < 4.78 is 5.54. The largest absolute Gasteiger partial charge is 0.497 e. The number of anilines is 2. The number of benzene rings is 2. The van der Waals surface area contributed by atoms with Crippen LogP contribution in [0.15, 0.2) is 55.1 Å². The van der Waals surface area contributed by atoms with E-state index in [1.54, 1.807) is 7.11 Å². The minimum Gasteiger partial charge on any atom is -0.497 e. The predicted octanol–water partition coefficient (Wildman–Crippen LogP) is 5.71. The zero-order valence-corrected chi connectivity index (χ0v) is 16.2. The molecule has 0 spiro atoms. The number of ether oxygens (including phenoxy) is 1. The molecule has 2 aliphatic rings. The van der Waals surface area contributed by atoms with Gasteiger partial charge < -0.3 is 15.8 Å². The summed E-state index contributed by atoms with van der Waals surface area (Å²) in [5.74, 6) is 2.85. The topological polar surface area (TPSA) is 47.3 Å². The molecule has 0 aliphatic heterocycles. The summed E-state index contributed by atoms with van der Waals surface area (Å²) in [6, 6.07) is 14.9. The van der Waals surface area contributed by atoms with Gasteiger partial charge in [-0.15, -0.1) is 6.58 Å². The number of hydrogen-bond donors (Lipinski definition) is 2. The van der Waals surface area contributed by atoms with E-state index in [1.807, 2.05) is 24.3 Å². The van der Waals surface area contributed by atoms with Gasteiger partial charge in [-0.3, -0.25) is 0 Å². The van der Waals surface area contributed by atoms with E-state index in [4.69, 9.17) is 10.5 Å². The Bertz CT molecular complexity index is 799. The van der Waals surface area contributed by atoms with E-state index in [1.165, 1.54) is 43.2 Å². The summed E-state index contributed by atoms with van der Waals surface area (Å²) in [5, 5.41) is 3.69. The normalized spacial score (nSPS) is 25.0. The Labute approximate surface area is 162 Å². The van der Waals surface area contributed by atoms with Crippen molar-refractivity contribution in [2.75, 3.05) is 18.2 Å². The maximum Gasteiger partial charge on any atom is 0.119 e. The van der Waals surface area contributed by atoms with Crippen molar-refractivity contribution in [1.29, 1.82) is 0 Å². The summed E-state index contributed by atoms with van der Waals surface area (Å²) in [5.41, 5.74) is 10.7. The van der Waals surface area contributed by atoms with E-state index in [9.17, 15) is 0 Å². The van der Waals surface area contributed by atoms with E-state index in [-0.39, 0.29) is 6.04 Å². The number of nitrogens with one attached hydrogen (secondary N) is 1. The molecule has 2 aromatic carbocycles. The van der Waals surface area contributed by atoms with Crippen LogP contribution in [0.5, 0.6) is 5.75 Å². The first-order valence-electron chi connectivity index (χ1n) is 10.1. The van der Waals surface area contributed by atoms with Gasteiger partial charge in [0.15, 0.2) is 0 Å². The maximum absolute atomic E-state index is 5.84. The second-order valence-electron chi connectivity index (χ2n) is 8.02. The molecule has 27 heavy (non-hydrogen) atoms. The van der Waals surface area contributed by atoms with Crippen LogP contribution in [-0.2, 0) is 0 Å². The summed E-state index contributed by atoms with van der Waals surface area (Å²) in [7, 11) is 1.76. The molecule has 0 aromatic heterocycles. The van der Waals surface area contributed by atoms with Gasteiger partial charge in [0, 0.05) is 17.3 Å². The molecule has 0 heterocycles. The summed E-state index contributed by atoms with van der Waals surface area (Å²) in [6.45, 7) is 4.15. The minimum atomic E-state index is 0.198. The van der Waals surface area contributed by atoms with Crippen molar-refractivity contribution in [3.05, 3.63) is 66.2 Å². The van der Waals surface area contributed by atoms with Crippen LogP contribution in [0.4, 0.5) is 11.4 Å². The standard InChI is InChI=1S/C24H30N2O/c1-3-24(26-18-10-8-17(25)9-11-18)23-14-16-6-4-5-7-20(16)22-15-19(27-2)12-13-21(22)23/h3,8-13,15-16,20,23-24,26H,1,4-7,14,25H2,2H3. The van der Waals surface area contributed by atoms with Crippen molar-refractivity contribution in [3.8, 4) is 5.75 Å². The number of hydrogen-bond acceptors (Lipinski definition) is 3. The molecule has 0 bridgehead atoms. The first-order valence-corrected chi connectivity index (χ1v) is 10.1. The zero-order valence-electron chi connectivity index (χ0n) is 16.2. The molecule has 1 saturated carbocycles. The van der Waals surface area contributed by atoms with Gasteiger partial charge in [0.1, 0.15) is 5.75 Å². The molecule has 2 aromatic rings. The van der Waals surface area contributed by atoms with Gasteiger partial charge in [-0.25, -0.2) is 0 Å². The predicted molar refractivity (Wildman–Crippen MR) is 114 cm³/mol. The van der Waals surface area contributed by atoms with Crippen LogP contribution in [0.2, 0.25) is 0 Å². The number of nitrogen functional groups attached to an aromatic ring is 1. The third-order valence-corrected chi connectivity index (χ3v) is 6.49. The van der Waals surface area contributed by atoms with Crippen molar-refractivity contribution in [1.82, 2.24) is 0 Å². The Balaban J connectivity index is 1.68. The van der Waals surface area contributed by atoms with Crippen molar-refractivity contribution < 1.29 is 4.74 Å². The average Bonchev–Trinajstić information content (AvgIpc) is 2.72. The summed E-state index contributed by atoms with van der Waals surface area (Å²) in [6.07, 6.45) is 8.64. The van der Waals surface area contributed by atoms with Crippen LogP contribution in [0.1, 0.15) is 55.1 Å². The Morgan fingerprint density at radius 2 is 1.89 bits per heavy atom. The van der Waals surface area contributed by atoms with Gasteiger partial charge in [0.05, 0.1) is 13.2 Å². The van der Waals surface area contributed by atoms with Gasteiger partial charge in [-0.2, -0.15) is 0 Å². The zero-order chi connectivity index (χ0) is 18.8. The van der Waals surface area contributed by atoms with Crippen LogP contribution >= 0.6 is 0 Å². The van der Waals surface area contributed by atoms with Crippen molar-refractivity contribution in [2.45, 2.75) is 50.0 Å². The second kappa shape index (κ2) is 7.67. The fraction of sp³-hybridized carbons (Fsp3) is 0.417. The van der Waals surface area contributed by atoms with Crippen LogP contribution in [0.3, 0.4) is 0 Å². The molecule has 4 unspecified atom stereocenters. The number of nitrogens with two attached hydrogens (primary N) is 1. The monoisotopic (exact) mass is 362 g/mol. The maximum atomic E-state index is 5.84. The Morgan fingerprint density at radius 1 is 1.11 bits per heavy atom. The van der Waals surface area contributed by atoms with Gasteiger partial charge in [0.25, 0.3) is 0 Å². The fourth-order valence-corrected chi connectivity index (χ4v) is 5.13. The lowest BCUT2D eigenvalue weighted by Gasteiger charge is -2.43. The molecule has 0 radical (unpaired) electrons. The molecule has 2 aliphatic carbocycles. The van der Waals surface area contributed by atoms with E-state index in [2.05, 4.69) is 36.2 Å². The van der Waals surface area contributed by atoms with Crippen molar-refractivity contribution in [3.63, 3.8) is 0 Å². The lowest BCUT2D eigenvalue weighted by Crippen LogP contribution is -2.34. The molecule has 0 saturated heterocycles. The van der Waals surface area contributed by atoms with E-state index >= 15 is 0 Å². The van der Waals surface area contributed by atoms with Crippen molar-refractivity contribution in [2.24, 2.45) is 5.92 Å². The third kappa shape index (κ3) is 3.55. The number of rotatable bonds is 5. The lowest BCUT2D eigenvalue weighted by molar-refractivity contribution is 0.249. The highest BCUT2D eigenvalue weighted by atomic mass is 16.5. The van der Waals surface area contributed by atoms with Gasteiger partial charge in [-0.1, -0.05) is 25.0 Å². The van der Waals surface area contributed by atoms with Crippen LogP contribution in [-0.4, -0.2) is 13.2 Å². The molecule has 1 fully saturated rings. The fourth-order valence-electron chi connectivity index (χ4n) is 5.13. The van der Waals surface area contributed by atoms with Crippen LogP contribution in [0.25, 0.3) is 0 Å². The van der Waals surface area contributed by atoms with Gasteiger partial charge in [0.2, 0.25) is 0 Å². The highest BCUT2D eigenvalue weighted by Crippen LogP contribution is 2.51. The van der Waals surface area contributed by atoms with Crippen LogP contribution in [0, 0.1) is 5.92 Å². The molecule has 3 N–H and O–H groups in total. The van der Waals surface area contributed by atoms with E-state index in [0.29, 0.717) is 11.8 Å². The highest BCUT2D eigenvalue weighted by molar-refractivity contribution is 5.53. The van der Waals surface area contributed by atoms with Gasteiger partial charge >= 0.3 is 0 Å². The first kappa shape index (κ1) is 18.0. The Morgan fingerprint density at radius 3 is 2.63 bits per heavy atom. The SMILES string of the molecule is C=CC(Nc1ccc(N)cc1)C1CC2CCCCC2c2cc(OC)ccc21. The number of fused-ring (bicyclic) bond motifs is 3. The summed E-state index contributed by atoms with van der Waals surface area (Å²) in [4.78, 5) is 0. The van der Waals surface area contributed by atoms with E-state index < -0.39 is 0 Å². The summed E-state index contributed by atoms with van der Waals surface area (Å²) >= 11 is 0. The quantitative estimate of drug-likeness (QED) is 0.529. The Hall–Kier alpha value is -2.42. The molecular formula is C24H30N2O. The molecular weight excluding hydrogens is 332 g/mol. The van der Waals surface area contributed by atoms with Gasteiger partial charge in [-0.05, 0) is 78.6 Å².